The van der Waals surface area contributed by atoms with E-state index in [0.29, 0.717) is 0 Å². The molecule has 0 bridgehead atoms. The second kappa shape index (κ2) is 6.18. The highest BCUT2D eigenvalue weighted by Gasteiger charge is 2.26. The number of aliphatic imine (C=N–C) groups is 1. The lowest BCUT2D eigenvalue weighted by molar-refractivity contribution is 0.416. The summed E-state index contributed by atoms with van der Waals surface area (Å²) in [6, 6.07) is 5.93. The third-order valence-corrected chi connectivity index (χ3v) is 4.78. The molecule has 19 heavy (non-hydrogen) atoms. The number of ether oxygens (including phenoxy) is 1. The van der Waals surface area contributed by atoms with Gasteiger partial charge in [-0.15, -0.1) is 0 Å². The lowest BCUT2D eigenvalue weighted by Crippen LogP contribution is -2.29. The fourth-order valence-corrected chi connectivity index (χ4v) is 3.48. The first-order valence-corrected chi connectivity index (χ1v) is 8.17. The first-order chi connectivity index (χ1) is 9.06. The maximum atomic E-state index is 5.37. The Hall–Kier alpha value is -0.680. The maximum absolute atomic E-state index is 5.37. The average molecular weight is 343 g/mol. The van der Waals surface area contributed by atoms with E-state index in [2.05, 4.69) is 35.1 Å². The molecule has 0 fully saturated rings. The topological polar surface area (TPSA) is 33.6 Å². The number of nitrogens with one attached hydrogen (secondary N) is 1. The van der Waals surface area contributed by atoms with Gasteiger partial charge < -0.3 is 10.1 Å². The van der Waals surface area contributed by atoms with Gasteiger partial charge >= 0.3 is 0 Å². The Labute approximate surface area is 127 Å². The lowest BCUT2D eigenvalue weighted by atomic mass is 9.97. The standard InChI is InChI=1S/C14H19BrN2OS/c1-4-14(2)7-8-19-13(17-14)16-11-9-10(15)5-6-12(11)18-3/h5-6,9H,4,7-8H2,1-3H3,(H,16,17). The summed E-state index contributed by atoms with van der Waals surface area (Å²) in [5, 5.41) is 4.37. The molecule has 0 amide bonds. The Morgan fingerprint density at radius 3 is 3.00 bits per heavy atom. The van der Waals surface area contributed by atoms with Gasteiger partial charge in [0.25, 0.3) is 0 Å². The highest BCUT2D eigenvalue weighted by molar-refractivity contribution is 9.10. The second-order valence-electron chi connectivity index (χ2n) is 4.84. The Morgan fingerprint density at radius 1 is 1.53 bits per heavy atom. The summed E-state index contributed by atoms with van der Waals surface area (Å²) in [5.74, 6) is 1.93. The van der Waals surface area contributed by atoms with Crippen molar-refractivity contribution in [2.24, 2.45) is 4.99 Å². The first-order valence-electron chi connectivity index (χ1n) is 6.39. The number of nitrogens with zero attached hydrogens (tertiary/aromatic N) is 1. The Kier molecular flexibility index (Phi) is 4.79. The molecule has 1 unspecified atom stereocenters. The van der Waals surface area contributed by atoms with E-state index in [1.165, 1.54) is 0 Å². The molecule has 0 aliphatic carbocycles. The zero-order valence-corrected chi connectivity index (χ0v) is 13.9. The van der Waals surface area contributed by atoms with Crippen LogP contribution in [-0.4, -0.2) is 23.6 Å². The summed E-state index contributed by atoms with van der Waals surface area (Å²) in [7, 11) is 1.68. The minimum Gasteiger partial charge on any atom is -0.495 e. The van der Waals surface area contributed by atoms with Crippen molar-refractivity contribution in [1.29, 1.82) is 0 Å². The van der Waals surface area contributed by atoms with Gasteiger partial charge in [-0.1, -0.05) is 34.6 Å². The molecule has 2 rings (SSSR count). The molecule has 0 aromatic heterocycles. The van der Waals surface area contributed by atoms with Crippen molar-refractivity contribution in [3.05, 3.63) is 22.7 Å². The third kappa shape index (κ3) is 3.66. The quantitative estimate of drug-likeness (QED) is 0.875. The minimum absolute atomic E-state index is 0.0623. The van der Waals surface area contributed by atoms with Crippen LogP contribution in [0.15, 0.2) is 27.7 Å². The molecule has 1 atom stereocenters. The van der Waals surface area contributed by atoms with Crippen molar-refractivity contribution in [2.75, 3.05) is 18.2 Å². The molecule has 0 saturated carbocycles. The third-order valence-electron chi connectivity index (χ3n) is 3.42. The van der Waals surface area contributed by atoms with Crippen LogP contribution in [0.1, 0.15) is 26.7 Å². The molecular weight excluding hydrogens is 324 g/mol. The molecule has 1 aliphatic heterocycles. The molecule has 0 radical (unpaired) electrons. The van der Waals surface area contributed by atoms with Gasteiger partial charge in [0.15, 0.2) is 5.17 Å². The molecule has 1 aliphatic rings. The van der Waals surface area contributed by atoms with E-state index < -0.39 is 0 Å². The van der Waals surface area contributed by atoms with Crippen LogP contribution in [0.4, 0.5) is 5.69 Å². The summed E-state index contributed by atoms with van der Waals surface area (Å²) >= 11 is 5.25. The van der Waals surface area contributed by atoms with E-state index in [4.69, 9.17) is 9.73 Å². The zero-order valence-electron chi connectivity index (χ0n) is 11.5. The van der Waals surface area contributed by atoms with Crippen LogP contribution >= 0.6 is 27.7 Å². The number of hydrogen-bond acceptors (Lipinski definition) is 4. The summed E-state index contributed by atoms with van der Waals surface area (Å²) in [4.78, 5) is 4.83. The largest absolute Gasteiger partial charge is 0.495 e. The maximum Gasteiger partial charge on any atom is 0.161 e. The Balaban J connectivity index is 2.23. The van der Waals surface area contributed by atoms with Crippen LogP contribution < -0.4 is 10.1 Å². The molecule has 1 heterocycles. The van der Waals surface area contributed by atoms with Gasteiger partial charge in [0, 0.05) is 10.2 Å². The van der Waals surface area contributed by atoms with Gasteiger partial charge in [-0.05, 0) is 38.0 Å². The van der Waals surface area contributed by atoms with E-state index >= 15 is 0 Å². The SMILES string of the molecule is CCC1(C)CCSC(Nc2cc(Br)ccc2OC)=N1. The van der Waals surface area contributed by atoms with Gasteiger partial charge in [-0.3, -0.25) is 4.99 Å². The molecule has 1 aromatic rings. The smallest absolute Gasteiger partial charge is 0.161 e. The van der Waals surface area contributed by atoms with Crippen LogP contribution in [-0.2, 0) is 0 Å². The fraction of sp³-hybridized carbons (Fsp3) is 0.500. The van der Waals surface area contributed by atoms with Crippen molar-refractivity contribution in [3.8, 4) is 5.75 Å². The highest BCUT2D eigenvalue weighted by atomic mass is 79.9. The van der Waals surface area contributed by atoms with E-state index in [0.717, 1.165) is 39.7 Å². The zero-order chi connectivity index (χ0) is 13.9. The molecule has 5 heteroatoms. The average Bonchev–Trinajstić information content (AvgIpc) is 2.39. The number of hydrogen-bond donors (Lipinski definition) is 1. The van der Waals surface area contributed by atoms with Crippen LogP contribution in [0, 0.1) is 0 Å². The highest BCUT2D eigenvalue weighted by Crippen LogP contribution is 2.33. The molecule has 1 aromatic carbocycles. The van der Waals surface area contributed by atoms with Crippen molar-refractivity contribution >= 4 is 38.5 Å². The fourth-order valence-electron chi connectivity index (χ4n) is 1.91. The first kappa shape index (κ1) is 14.7. The number of amidine groups is 1. The summed E-state index contributed by atoms with van der Waals surface area (Å²) in [6.45, 7) is 4.41. The lowest BCUT2D eigenvalue weighted by Gasteiger charge is -2.29. The molecule has 1 N–H and O–H groups in total. The Bertz CT molecular complexity index is 492. The normalized spacial score (nSPS) is 22.8. The molecule has 0 spiro atoms. The number of anilines is 1. The van der Waals surface area contributed by atoms with Gasteiger partial charge in [0.05, 0.1) is 18.3 Å². The van der Waals surface area contributed by atoms with Crippen molar-refractivity contribution < 1.29 is 4.74 Å². The van der Waals surface area contributed by atoms with Crippen LogP contribution in [0.3, 0.4) is 0 Å². The predicted octanol–water partition coefficient (Wildman–Crippen LogP) is 4.53. The summed E-state index contributed by atoms with van der Waals surface area (Å²) in [5.41, 5.74) is 1.01. The van der Waals surface area contributed by atoms with Gasteiger partial charge in [-0.25, -0.2) is 0 Å². The van der Waals surface area contributed by atoms with E-state index in [9.17, 15) is 0 Å². The molecule has 0 saturated heterocycles. The number of rotatable bonds is 3. The number of halogens is 1. The Morgan fingerprint density at radius 2 is 2.32 bits per heavy atom. The van der Waals surface area contributed by atoms with E-state index in [-0.39, 0.29) is 5.54 Å². The summed E-state index contributed by atoms with van der Waals surface area (Å²) in [6.07, 6.45) is 2.20. The van der Waals surface area contributed by atoms with Crippen LogP contribution in [0.5, 0.6) is 5.75 Å². The predicted molar refractivity (Wildman–Crippen MR) is 87.5 cm³/mol. The second-order valence-corrected chi connectivity index (χ2v) is 6.83. The molecular formula is C14H19BrN2OS. The number of thioether (sulfide) groups is 1. The molecule has 104 valence electrons. The van der Waals surface area contributed by atoms with Gasteiger partial charge in [-0.2, -0.15) is 0 Å². The van der Waals surface area contributed by atoms with Crippen LogP contribution in [0.2, 0.25) is 0 Å². The van der Waals surface area contributed by atoms with Crippen molar-refractivity contribution in [3.63, 3.8) is 0 Å². The number of benzene rings is 1. The van der Waals surface area contributed by atoms with Gasteiger partial charge in [0.2, 0.25) is 0 Å². The van der Waals surface area contributed by atoms with E-state index in [1.54, 1.807) is 18.9 Å². The monoisotopic (exact) mass is 342 g/mol. The summed E-state index contributed by atoms with van der Waals surface area (Å²) < 4.78 is 6.40. The minimum atomic E-state index is 0.0623. The van der Waals surface area contributed by atoms with Crippen molar-refractivity contribution in [1.82, 2.24) is 0 Å². The molecule has 3 nitrogen and oxygen atoms in total. The van der Waals surface area contributed by atoms with Crippen LogP contribution in [0.25, 0.3) is 0 Å². The van der Waals surface area contributed by atoms with Crippen molar-refractivity contribution in [2.45, 2.75) is 32.2 Å². The number of methoxy groups -OCH3 is 1. The van der Waals surface area contributed by atoms with E-state index in [1.807, 2.05) is 18.2 Å². The van der Waals surface area contributed by atoms with Gasteiger partial charge in [0.1, 0.15) is 5.75 Å².